The van der Waals surface area contributed by atoms with Gasteiger partial charge in [0.15, 0.2) is 11.5 Å². The second kappa shape index (κ2) is 11.7. The number of imide groups is 2. The SMILES string of the molecule is COc1cc(/C=C2/C(=O)NC(=O)N(c3ccc(Br)cc3)C2=O)cc(Cl)c1OCCOc1ccc(C)c(C)c1. The minimum Gasteiger partial charge on any atom is -0.493 e. The minimum atomic E-state index is -0.832. The van der Waals surface area contributed by atoms with Gasteiger partial charge in [0.05, 0.1) is 17.8 Å². The molecule has 3 aromatic carbocycles. The molecule has 196 valence electrons. The minimum absolute atomic E-state index is 0.203. The number of urea groups is 1. The fraction of sp³-hybridized carbons (Fsp3) is 0.179. The molecule has 1 aliphatic heterocycles. The summed E-state index contributed by atoms with van der Waals surface area (Å²) in [6.07, 6.45) is 1.34. The van der Waals surface area contributed by atoms with Crippen LogP contribution >= 0.6 is 27.5 Å². The van der Waals surface area contributed by atoms with Gasteiger partial charge in [0.25, 0.3) is 11.8 Å². The van der Waals surface area contributed by atoms with Crippen LogP contribution in [0.15, 0.2) is 64.6 Å². The number of amides is 4. The highest BCUT2D eigenvalue weighted by Gasteiger charge is 2.36. The number of carbonyl (C=O) groups excluding carboxylic acids is 3. The van der Waals surface area contributed by atoms with Gasteiger partial charge in [-0.15, -0.1) is 0 Å². The van der Waals surface area contributed by atoms with Gasteiger partial charge in [-0.1, -0.05) is 33.6 Å². The number of benzene rings is 3. The molecule has 4 amide bonds. The molecule has 1 heterocycles. The van der Waals surface area contributed by atoms with E-state index in [1.54, 1.807) is 30.3 Å². The van der Waals surface area contributed by atoms with E-state index in [1.165, 1.54) is 24.8 Å². The molecular weight excluding hydrogens is 576 g/mol. The number of hydrogen-bond donors (Lipinski definition) is 1. The first-order valence-corrected chi connectivity index (χ1v) is 12.7. The van der Waals surface area contributed by atoms with Crippen LogP contribution < -0.4 is 24.4 Å². The maximum Gasteiger partial charge on any atom is 0.335 e. The van der Waals surface area contributed by atoms with Crippen molar-refractivity contribution < 1.29 is 28.6 Å². The molecule has 10 heteroatoms. The zero-order valence-corrected chi connectivity index (χ0v) is 23.2. The van der Waals surface area contributed by atoms with E-state index in [0.29, 0.717) is 22.7 Å². The van der Waals surface area contributed by atoms with E-state index >= 15 is 0 Å². The Kier molecular flexibility index (Phi) is 8.38. The third kappa shape index (κ3) is 6.00. The first-order valence-electron chi connectivity index (χ1n) is 11.6. The van der Waals surface area contributed by atoms with Gasteiger partial charge in [-0.3, -0.25) is 14.9 Å². The average Bonchev–Trinajstić information content (AvgIpc) is 2.88. The third-order valence-corrected chi connectivity index (χ3v) is 6.64. The first kappa shape index (κ1) is 27.2. The standard InChI is InChI=1S/C28H24BrClN2O6/c1-16-4-9-21(12-17(16)2)37-10-11-38-25-23(30)14-18(15-24(25)36-3)13-22-26(33)31-28(35)32(27(22)34)20-7-5-19(29)6-8-20/h4-9,12-15H,10-11H2,1-3H3,(H,31,33,35)/b22-13-. The van der Waals surface area contributed by atoms with Crippen molar-refractivity contribution in [2.45, 2.75) is 13.8 Å². The predicted octanol–water partition coefficient (Wildman–Crippen LogP) is 5.85. The number of hydrogen-bond acceptors (Lipinski definition) is 6. The Morgan fingerprint density at radius 2 is 1.66 bits per heavy atom. The van der Waals surface area contributed by atoms with Crippen LogP contribution in [0.3, 0.4) is 0 Å². The molecule has 1 fully saturated rings. The van der Waals surface area contributed by atoms with Crippen LogP contribution in [0, 0.1) is 13.8 Å². The lowest BCUT2D eigenvalue weighted by atomic mass is 10.1. The summed E-state index contributed by atoms with van der Waals surface area (Å²) in [5.41, 5.74) is 2.80. The van der Waals surface area contributed by atoms with Crippen molar-refractivity contribution >= 4 is 57.1 Å². The Labute approximate surface area is 233 Å². The molecule has 0 atom stereocenters. The van der Waals surface area contributed by atoms with Gasteiger partial charge in [-0.2, -0.15) is 0 Å². The molecule has 0 radical (unpaired) electrons. The maximum atomic E-state index is 13.1. The van der Waals surface area contributed by atoms with Crippen LogP contribution in [0.1, 0.15) is 16.7 Å². The number of ether oxygens (including phenoxy) is 3. The number of anilines is 1. The molecule has 0 aromatic heterocycles. The lowest BCUT2D eigenvalue weighted by molar-refractivity contribution is -0.122. The molecule has 0 bridgehead atoms. The number of carbonyl (C=O) groups is 3. The zero-order chi connectivity index (χ0) is 27.4. The van der Waals surface area contributed by atoms with E-state index in [0.717, 1.165) is 20.7 Å². The van der Waals surface area contributed by atoms with Crippen molar-refractivity contribution in [3.05, 3.63) is 86.4 Å². The topological polar surface area (TPSA) is 94.2 Å². The smallest absolute Gasteiger partial charge is 0.335 e. The predicted molar refractivity (Wildman–Crippen MR) is 148 cm³/mol. The fourth-order valence-corrected chi connectivity index (χ4v) is 4.26. The van der Waals surface area contributed by atoms with Crippen molar-refractivity contribution in [2.24, 2.45) is 0 Å². The van der Waals surface area contributed by atoms with Crippen LogP contribution in [0.5, 0.6) is 17.2 Å². The monoisotopic (exact) mass is 598 g/mol. The van der Waals surface area contributed by atoms with Gasteiger partial charge in [-0.05, 0) is 85.1 Å². The van der Waals surface area contributed by atoms with Crippen LogP contribution in [0.4, 0.5) is 10.5 Å². The summed E-state index contributed by atoms with van der Waals surface area (Å²) in [6, 6.07) is 14.7. The van der Waals surface area contributed by atoms with E-state index in [2.05, 4.69) is 21.2 Å². The molecule has 0 spiro atoms. The molecule has 1 N–H and O–H groups in total. The number of halogens is 2. The van der Waals surface area contributed by atoms with E-state index in [9.17, 15) is 14.4 Å². The third-order valence-electron chi connectivity index (χ3n) is 5.83. The van der Waals surface area contributed by atoms with E-state index < -0.39 is 17.8 Å². The largest absolute Gasteiger partial charge is 0.493 e. The Morgan fingerprint density at radius 1 is 0.947 bits per heavy atom. The average molecular weight is 600 g/mol. The highest BCUT2D eigenvalue weighted by molar-refractivity contribution is 9.10. The van der Waals surface area contributed by atoms with Gasteiger partial charge in [0, 0.05) is 4.47 Å². The van der Waals surface area contributed by atoms with Gasteiger partial charge in [0.2, 0.25) is 0 Å². The summed E-state index contributed by atoms with van der Waals surface area (Å²) in [4.78, 5) is 39.0. The van der Waals surface area contributed by atoms with Gasteiger partial charge in [0.1, 0.15) is 24.5 Å². The molecule has 1 saturated heterocycles. The Bertz CT molecular complexity index is 1440. The second-order valence-corrected chi connectivity index (χ2v) is 9.73. The maximum absolute atomic E-state index is 13.1. The van der Waals surface area contributed by atoms with Crippen molar-refractivity contribution in [1.82, 2.24) is 5.32 Å². The molecular formula is C28H24BrClN2O6. The van der Waals surface area contributed by atoms with Crippen LogP contribution in [0.2, 0.25) is 5.02 Å². The van der Waals surface area contributed by atoms with E-state index in [1.807, 2.05) is 32.0 Å². The molecule has 4 rings (SSSR count). The summed E-state index contributed by atoms with van der Waals surface area (Å²) in [7, 11) is 1.45. The molecule has 0 unspecified atom stereocenters. The fourth-order valence-electron chi connectivity index (χ4n) is 3.72. The highest BCUT2D eigenvalue weighted by atomic mass is 79.9. The van der Waals surface area contributed by atoms with Gasteiger partial charge < -0.3 is 14.2 Å². The number of rotatable bonds is 8. The lowest BCUT2D eigenvalue weighted by Gasteiger charge is -2.26. The Hall–Kier alpha value is -3.82. The number of methoxy groups -OCH3 is 1. The van der Waals surface area contributed by atoms with Crippen LogP contribution in [0.25, 0.3) is 6.08 Å². The van der Waals surface area contributed by atoms with Crippen molar-refractivity contribution in [1.29, 1.82) is 0 Å². The molecule has 0 saturated carbocycles. The molecule has 0 aliphatic carbocycles. The normalized spacial score (nSPS) is 14.5. The quantitative estimate of drug-likeness (QED) is 0.198. The second-order valence-electron chi connectivity index (χ2n) is 8.41. The summed E-state index contributed by atoms with van der Waals surface area (Å²) in [6.45, 7) is 4.53. The highest BCUT2D eigenvalue weighted by Crippen LogP contribution is 2.37. The van der Waals surface area contributed by atoms with E-state index in [-0.39, 0.29) is 23.8 Å². The summed E-state index contributed by atoms with van der Waals surface area (Å²) in [5, 5.41) is 2.41. The molecule has 38 heavy (non-hydrogen) atoms. The summed E-state index contributed by atoms with van der Waals surface area (Å²) in [5.74, 6) is -0.235. The van der Waals surface area contributed by atoms with Crippen LogP contribution in [-0.4, -0.2) is 38.2 Å². The Morgan fingerprint density at radius 3 is 2.34 bits per heavy atom. The Balaban J connectivity index is 1.51. The molecule has 1 aliphatic rings. The number of barbiturate groups is 1. The van der Waals surface area contributed by atoms with Crippen molar-refractivity contribution in [3.8, 4) is 17.2 Å². The van der Waals surface area contributed by atoms with E-state index in [4.69, 9.17) is 25.8 Å². The van der Waals surface area contributed by atoms with Crippen LogP contribution in [-0.2, 0) is 9.59 Å². The van der Waals surface area contributed by atoms with Gasteiger partial charge >= 0.3 is 6.03 Å². The summed E-state index contributed by atoms with van der Waals surface area (Å²) >= 11 is 9.79. The first-order chi connectivity index (χ1) is 18.2. The number of nitrogens with one attached hydrogen (secondary N) is 1. The zero-order valence-electron chi connectivity index (χ0n) is 20.8. The van der Waals surface area contributed by atoms with Crippen molar-refractivity contribution in [2.75, 3.05) is 25.2 Å². The number of nitrogens with zero attached hydrogens (tertiary/aromatic N) is 1. The van der Waals surface area contributed by atoms with Gasteiger partial charge in [-0.25, -0.2) is 9.69 Å². The summed E-state index contributed by atoms with van der Waals surface area (Å²) < 4.78 is 17.8. The number of aryl methyl sites for hydroxylation is 2. The lowest BCUT2D eigenvalue weighted by Crippen LogP contribution is -2.54. The van der Waals surface area contributed by atoms with Crippen molar-refractivity contribution in [3.63, 3.8) is 0 Å². The molecule has 8 nitrogen and oxygen atoms in total. The molecule has 3 aromatic rings.